The Morgan fingerprint density at radius 3 is 2.86 bits per heavy atom. The van der Waals surface area contributed by atoms with Crippen LogP contribution >= 0.6 is 0 Å². The van der Waals surface area contributed by atoms with E-state index < -0.39 is 5.41 Å². The average molecular weight is 289 g/mol. The van der Waals surface area contributed by atoms with Gasteiger partial charge in [-0.2, -0.15) is 0 Å². The minimum Gasteiger partial charge on any atom is -0.370 e. The highest BCUT2D eigenvalue weighted by Crippen LogP contribution is 2.40. The van der Waals surface area contributed by atoms with Crippen molar-refractivity contribution in [1.29, 1.82) is 0 Å². The lowest BCUT2D eigenvalue weighted by Gasteiger charge is -2.22. The van der Waals surface area contributed by atoms with Crippen molar-refractivity contribution in [3.05, 3.63) is 11.9 Å². The molecule has 3 N–H and O–H groups in total. The molecule has 1 atom stereocenters. The molecule has 114 valence electrons. The summed E-state index contributed by atoms with van der Waals surface area (Å²) in [6.45, 7) is 6.27. The average Bonchev–Trinajstić information content (AvgIpc) is 3.22. The Bertz CT molecular complexity index is 557. The summed E-state index contributed by atoms with van der Waals surface area (Å²) in [6, 6.07) is 1.97. The molecule has 0 bridgehead atoms. The van der Waals surface area contributed by atoms with Crippen LogP contribution in [0.4, 0.5) is 11.6 Å². The van der Waals surface area contributed by atoms with E-state index in [0.717, 1.165) is 37.0 Å². The standard InChI is InChI=1S/C15H23N5O/c1-3-17-11-8-12(19-13(18-11)10-4-5-10)20-7-6-15(2,9-20)14(16)21/h8,10H,3-7,9H2,1-2H3,(H2,16,21)(H,17,18,19). The molecule has 0 aromatic carbocycles. The van der Waals surface area contributed by atoms with Gasteiger partial charge in [-0.3, -0.25) is 4.79 Å². The lowest BCUT2D eigenvalue weighted by Crippen LogP contribution is -2.37. The normalized spacial score (nSPS) is 25.1. The van der Waals surface area contributed by atoms with Gasteiger partial charge >= 0.3 is 0 Å². The van der Waals surface area contributed by atoms with Crippen LogP contribution in [0, 0.1) is 5.41 Å². The topological polar surface area (TPSA) is 84.1 Å². The van der Waals surface area contributed by atoms with Crippen LogP contribution in [-0.4, -0.2) is 35.5 Å². The van der Waals surface area contributed by atoms with Gasteiger partial charge in [0.25, 0.3) is 0 Å². The number of anilines is 2. The predicted molar refractivity (Wildman–Crippen MR) is 82.3 cm³/mol. The minimum atomic E-state index is -0.455. The molecule has 1 saturated heterocycles. The Balaban J connectivity index is 1.86. The molecule has 1 aliphatic carbocycles. The molecule has 0 spiro atoms. The number of nitrogens with one attached hydrogen (secondary N) is 1. The fraction of sp³-hybridized carbons (Fsp3) is 0.667. The fourth-order valence-electron chi connectivity index (χ4n) is 2.77. The second-order valence-corrected chi connectivity index (χ2v) is 6.37. The van der Waals surface area contributed by atoms with Crippen molar-refractivity contribution in [3.8, 4) is 0 Å². The summed E-state index contributed by atoms with van der Waals surface area (Å²) in [5, 5.41) is 3.27. The number of primary amides is 1. The zero-order chi connectivity index (χ0) is 15.0. The highest BCUT2D eigenvalue weighted by atomic mass is 16.1. The van der Waals surface area contributed by atoms with E-state index in [-0.39, 0.29) is 5.91 Å². The van der Waals surface area contributed by atoms with Crippen molar-refractivity contribution in [2.45, 2.75) is 39.0 Å². The van der Waals surface area contributed by atoms with Gasteiger partial charge in [-0.15, -0.1) is 0 Å². The first kappa shape index (κ1) is 14.1. The van der Waals surface area contributed by atoms with Crippen LogP contribution < -0.4 is 16.0 Å². The first-order valence-electron chi connectivity index (χ1n) is 7.69. The molecule has 1 aromatic rings. The van der Waals surface area contributed by atoms with E-state index in [9.17, 15) is 4.79 Å². The number of rotatable bonds is 5. The van der Waals surface area contributed by atoms with Crippen LogP contribution in [0.2, 0.25) is 0 Å². The van der Waals surface area contributed by atoms with E-state index >= 15 is 0 Å². The van der Waals surface area contributed by atoms with Crippen LogP contribution in [0.1, 0.15) is 44.9 Å². The number of carbonyl (C=O) groups is 1. The molecule has 2 heterocycles. The molecule has 2 aliphatic rings. The molecule has 1 amide bonds. The highest BCUT2D eigenvalue weighted by Gasteiger charge is 2.39. The van der Waals surface area contributed by atoms with Crippen LogP contribution in [0.5, 0.6) is 0 Å². The molecule has 1 aliphatic heterocycles. The third kappa shape index (κ3) is 2.80. The third-order valence-corrected chi connectivity index (χ3v) is 4.42. The van der Waals surface area contributed by atoms with Crippen molar-refractivity contribution in [2.75, 3.05) is 29.9 Å². The maximum Gasteiger partial charge on any atom is 0.225 e. The molecule has 2 fully saturated rings. The maximum atomic E-state index is 11.6. The van der Waals surface area contributed by atoms with Gasteiger partial charge in [0.1, 0.15) is 17.5 Å². The molecular formula is C15H23N5O. The van der Waals surface area contributed by atoms with Crippen LogP contribution in [0.15, 0.2) is 6.07 Å². The first-order valence-corrected chi connectivity index (χ1v) is 7.69. The van der Waals surface area contributed by atoms with Crippen molar-refractivity contribution in [1.82, 2.24) is 9.97 Å². The second-order valence-electron chi connectivity index (χ2n) is 6.37. The quantitative estimate of drug-likeness (QED) is 0.858. The Kier molecular flexibility index (Phi) is 3.47. The van der Waals surface area contributed by atoms with E-state index in [4.69, 9.17) is 10.7 Å². The summed E-state index contributed by atoms with van der Waals surface area (Å²) in [6.07, 6.45) is 3.13. The monoisotopic (exact) mass is 289 g/mol. The van der Waals surface area contributed by atoms with E-state index in [1.807, 2.05) is 13.0 Å². The van der Waals surface area contributed by atoms with E-state index in [2.05, 4.69) is 22.1 Å². The predicted octanol–water partition coefficient (Wildman–Crippen LogP) is 1.49. The maximum absolute atomic E-state index is 11.6. The van der Waals surface area contributed by atoms with Gasteiger partial charge in [-0.1, -0.05) is 0 Å². The van der Waals surface area contributed by atoms with Crippen molar-refractivity contribution in [2.24, 2.45) is 11.1 Å². The fourth-order valence-corrected chi connectivity index (χ4v) is 2.77. The number of nitrogens with two attached hydrogens (primary N) is 1. The molecule has 0 radical (unpaired) electrons. The largest absolute Gasteiger partial charge is 0.370 e. The lowest BCUT2D eigenvalue weighted by atomic mass is 9.89. The number of nitrogens with zero attached hydrogens (tertiary/aromatic N) is 3. The number of aromatic nitrogens is 2. The summed E-state index contributed by atoms with van der Waals surface area (Å²) in [7, 11) is 0. The Morgan fingerprint density at radius 1 is 1.52 bits per heavy atom. The summed E-state index contributed by atoms with van der Waals surface area (Å²) in [4.78, 5) is 23.1. The number of hydrogen-bond donors (Lipinski definition) is 2. The van der Waals surface area contributed by atoms with Crippen LogP contribution in [0.3, 0.4) is 0 Å². The van der Waals surface area contributed by atoms with Gasteiger partial charge < -0.3 is 16.0 Å². The zero-order valence-corrected chi connectivity index (χ0v) is 12.7. The summed E-state index contributed by atoms with van der Waals surface area (Å²) >= 11 is 0. The smallest absolute Gasteiger partial charge is 0.225 e. The molecule has 3 rings (SSSR count). The lowest BCUT2D eigenvalue weighted by molar-refractivity contribution is -0.125. The van der Waals surface area contributed by atoms with E-state index in [0.29, 0.717) is 12.5 Å². The number of carbonyl (C=O) groups excluding carboxylic acids is 1. The SMILES string of the molecule is CCNc1cc(N2CCC(C)(C(N)=O)C2)nc(C2CC2)n1. The highest BCUT2D eigenvalue weighted by molar-refractivity contribution is 5.82. The Morgan fingerprint density at radius 2 is 2.29 bits per heavy atom. The van der Waals surface area contributed by atoms with Crippen LogP contribution in [0.25, 0.3) is 0 Å². The minimum absolute atomic E-state index is 0.228. The van der Waals surface area contributed by atoms with Crippen LogP contribution in [-0.2, 0) is 4.79 Å². The summed E-state index contributed by atoms with van der Waals surface area (Å²) in [5.41, 5.74) is 5.07. The van der Waals surface area contributed by atoms with Gasteiger partial charge in [0.05, 0.1) is 5.41 Å². The summed E-state index contributed by atoms with van der Waals surface area (Å²) in [5.74, 6) is 2.99. The Hall–Kier alpha value is -1.85. The summed E-state index contributed by atoms with van der Waals surface area (Å²) < 4.78 is 0. The molecule has 1 unspecified atom stereocenters. The Labute approximate surface area is 125 Å². The zero-order valence-electron chi connectivity index (χ0n) is 12.7. The second kappa shape index (κ2) is 5.16. The van der Waals surface area contributed by atoms with Gasteiger partial charge in [-0.05, 0) is 33.1 Å². The number of amides is 1. The molecular weight excluding hydrogens is 266 g/mol. The van der Waals surface area contributed by atoms with Gasteiger partial charge in [0.15, 0.2) is 0 Å². The van der Waals surface area contributed by atoms with Gasteiger partial charge in [-0.25, -0.2) is 9.97 Å². The number of hydrogen-bond acceptors (Lipinski definition) is 5. The van der Waals surface area contributed by atoms with Gasteiger partial charge in [0.2, 0.25) is 5.91 Å². The third-order valence-electron chi connectivity index (χ3n) is 4.42. The van der Waals surface area contributed by atoms with Gasteiger partial charge in [0, 0.05) is 31.6 Å². The molecule has 21 heavy (non-hydrogen) atoms. The van der Waals surface area contributed by atoms with Crippen molar-refractivity contribution in [3.63, 3.8) is 0 Å². The molecule has 6 nitrogen and oxygen atoms in total. The molecule has 6 heteroatoms. The van der Waals surface area contributed by atoms with Crippen molar-refractivity contribution >= 4 is 17.5 Å². The molecule has 1 saturated carbocycles. The van der Waals surface area contributed by atoms with E-state index in [1.54, 1.807) is 0 Å². The first-order chi connectivity index (χ1) is 10.0. The van der Waals surface area contributed by atoms with Crippen molar-refractivity contribution < 1.29 is 4.79 Å². The molecule has 1 aromatic heterocycles. The van der Waals surface area contributed by atoms with E-state index in [1.165, 1.54) is 12.8 Å².